The van der Waals surface area contributed by atoms with Crippen molar-refractivity contribution in [2.45, 2.75) is 12.5 Å². The number of hydrogen-bond acceptors (Lipinski definition) is 3. The maximum Gasteiger partial charge on any atom is 0.264 e. The van der Waals surface area contributed by atoms with Crippen molar-refractivity contribution in [1.29, 1.82) is 0 Å². The van der Waals surface area contributed by atoms with Crippen LogP contribution in [0.3, 0.4) is 0 Å². The first kappa shape index (κ1) is 15.3. The average Bonchev–Trinajstić information content (AvgIpc) is 2.97. The number of morpholine rings is 1. The number of hydrogen-bond donors (Lipinski definition) is 0. The molecule has 5 rings (SSSR count). The van der Waals surface area contributed by atoms with E-state index in [-0.39, 0.29) is 30.8 Å². The number of aromatic nitrogens is 1. The molecular weight excluding hydrogens is 335 g/mol. The van der Waals surface area contributed by atoms with Crippen molar-refractivity contribution in [1.82, 2.24) is 4.57 Å². The first-order valence-electron chi connectivity index (χ1n) is 8.37. The smallest absolute Gasteiger partial charge is 0.264 e. The van der Waals surface area contributed by atoms with Gasteiger partial charge in [0.15, 0.2) is 0 Å². The largest absolute Gasteiger partial charge is 0.369 e. The molecule has 5 nitrogen and oxygen atoms in total. The lowest BCUT2D eigenvalue weighted by atomic mass is 9.93. The molecule has 1 fully saturated rings. The molecule has 1 unspecified atom stereocenters. The predicted molar refractivity (Wildman–Crippen MR) is 93.7 cm³/mol. The molecule has 1 amide bonds. The van der Waals surface area contributed by atoms with Gasteiger partial charge in [-0.2, -0.15) is 0 Å². The number of amides is 1. The number of anilines is 1. The Kier molecular flexibility index (Phi) is 2.95. The summed E-state index contributed by atoms with van der Waals surface area (Å²) in [6.07, 6.45) is 0. The fraction of sp³-hybridized carbons (Fsp3) is 0.200. The Balaban J connectivity index is 1.93. The van der Waals surface area contributed by atoms with Gasteiger partial charge in [-0.05, 0) is 43.3 Å². The Morgan fingerprint density at radius 2 is 1.92 bits per heavy atom. The Morgan fingerprint density at radius 1 is 1.12 bits per heavy atom. The lowest BCUT2D eigenvalue weighted by molar-refractivity contribution is -0.130. The third kappa shape index (κ3) is 1.82. The van der Waals surface area contributed by atoms with Gasteiger partial charge >= 0.3 is 0 Å². The van der Waals surface area contributed by atoms with Gasteiger partial charge in [0.1, 0.15) is 18.0 Å². The number of ether oxygens (including phenoxy) is 1. The van der Waals surface area contributed by atoms with Crippen LogP contribution in [0.25, 0.3) is 10.9 Å². The molecule has 3 heterocycles. The van der Waals surface area contributed by atoms with Gasteiger partial charge in [-0.25, -0.2) is 4.39 Å². The summed E-state index contributed by atoms with van der Waals surface area (Å²) in [6, 6.07) is 13.2. The molecule has 1 saturated heterocycles. The molecule has 1 aromatic heterocycles. The van der Waals surface area contributed by atoms with Crippen molar-refractivity contribution in [3.8, 4) is 0 Å². The number of fused-ring (bicyclic) bond motifs is 7. The van der Waals surface area contributed by atoms with E-state index in [1.165, 1.54) is 12.1 Å². The van der Waals surface area contributed by atoms with Gasteiger partial charge < -0.3 is 4.74 Å². The van der Waals surface area contributed by atoms with Crippen molar-refractivity contribution < 1.29 is 18.7 Å². The molecule has 0 spiro atoms. The van der Waals surface area contributed by atoms with Crippen LogP contribution in [0.4, 0.5) is 10.1 Å². The SMILES string of the molecule is CC12COCC(=O)N1c1ccccc1C(=O)n1c2cc2cc(F)ccc21. The number of benzene rings is 2. The van der Waals surface area contributed by atoms with Crippen molar-refractivity contribution in [2.75, 3.05) is 18.1 Å². The molecule has 0 N–H and O–H groups in total. The fourth-order valence-electron chi connectivity index (χ4n) is 4.10. The molecule has 2 aliphatic heterocycles. The van der Waals surface area contributed by atoms with Crippen LogP contribution in [0.15, 0.2) is 48.5 Å². The number of rotatable bonds is 0. The summed E-state index contributed by atoms with van der Waals surface area (Å²) in [4.78, 5) is 27.8. The molecule has 1 atom stereocenters. The highest BCUT2D eigenvalue weighted by Crippen LogP contribution is 2.43. The molecule has 3 aromatic rings. The number of halogens is 1. The molecule has 130 valence electrons. The van der Waals surface area contributed by atoms with Gasteiger partial charge in [0.25, 0.3) is 11.8 Å². The van der Waals surface area contributed by atoms with E-state index in [2.05, 4.69) is 0 Å². The molecule has 0 radical (unpaired) electrons. The van der Waals surface area contributed by atoms with Crippen LogP contribution in [0, 0.1) is 5.82 Å². The average molecular weight is 350 g/mol. The quantitative estimate of drug-likeness (QED) is 0.626. The molecule has 6 heteroatoms. The van der Waals surface area contributed by atoms with Gasteiger partial charge in [0.05, 0.1) is 29.1 Å². The molecule has 0 bridgehead atoms. The topological polar surface area (TPSA) is 51.5 Å². The first-order chi connectivity index (χ1) is 12.5. The molecule has 26 heavy (non-hydrogen) atoms. The Labute approximate surface area is 148 Å². The van der Waals surface area contributed by atoms with Crippen molar-refractivity contribution >= 4 is 28.4 Å². The van der Waals surface area contributed by atoms with Gasteiger partial charge in [0, 0.05) is 5.39 Å². The first-order valence-corrected chi connectivity index (χ1v) is 8.37. The summed E-state index contributed by atoms with van der Waals surface area (Å²) in [6.45, 7) is 2.09. The summed E-state index contributed by atoms with van der Waals surface area (Å²) in [7, 11) is 0. The highest BCUT2D eigenvalue weighted by Gasteiger charge is 2.48. The van der Waals surface area contributed by atoms with Crippen LogP contribution < -0.4 is 4.90 Å². The zero-order valence-corrected chi connectivity index (χ0v) is 14.0. The normalized spacial score (nSPS) is 22.0. The van der Waals surface area contributed by atoms with Gasteiger partial charge in [-0.15, -0.1) is 0 Å². The second-order valence-corrected chi connectivity index (χ2v) is 6.89. The van der Waals surface area contributed by atoms with Crippen LogP contribution >= 0.6 is 0 Å². The van der Waals surface area contributed by atoms with Crippen molar-refractivity contribution in [3.63, 3.8) is 0 Å². The molecule has 0 aliphatic carbocycles. The second-order valence-electron chi connectivity index (χ2n) is 6.89. The van der Waals surface area contributed by atoms with E-state index in [1.807, 2.05) is 13.0 Å². The summed E-state index contributed by atoms with van der Waals surface area (Å²) >= 11 is 0. The predicted octanol–water partition coefficient (Wildman–Crippen LogP) is 3.06. The lowest BCUT2D eigenvalue weighted by Crippen LogP contribution is -2.56. The Bertz CT molecular complexity index is 1100. The van der Waals surface area contributed by atoms with Crippen LogP contribution in [-0.2, 0) is 15.1 Å². The second kappa shape index (κ2) is 5.02. The van der Waals surface area contributed by atoms with Crippen LogP contribution in [-0.4, -0.2) is 29.6 Å². The maximum absolute atomic E-state index is 13.7. The lowest BCUT2D eigenvalue weighted by Gasteiger charge is -2.43. The van der Waals surface area contributed by atoms with Gasteiger partial charge in [-0.3, -0.25) is 19.1 Å². The highest BCUT2D eigenvalue weighted by molar-refractivity contribution is 6.11. The molecule has 2 aliphatic rings. The van der Waals surface area contributed by atoms with Crippen molar-refractivity contribution in [3.05, 3.63) is 65.6 Å². The third-order valence-corrected chi connectivity index (χ3v) is 5.25. The number of carbonyl (C=O) groups is 2. The highest BCUT2D eigenvalue weighted by atomic mass is 19.1. The summed E-state index contributed by atoms with van der Waals surface area (Å²) in [5.74, 6) is -0.811. The van der Waals surface area contributed by atoms with Gasteiger partial charge in [-0.1, -0.05) is 12.1 Å². The van der Waals surface area contributed by atoms with E-state index < -0.39 is 5.54 Å². The minimum absolute atomic E-state index is 0.0348. The Morgan fingerprint density at radius 3 is 2.77 bits per heavy atom. The monoisotopic (exact) mass is 350 g/mol. The maximum atomic E-state index is 13.7. The summed E-state index contributed by atoms with van der Waals surface area (Å²) in [5.41, 5.74) is 1.38. The minimum Gasteiger partial charge on any atom is -0.369 e. The Hall–Kier alpha value is -2.99. The van der Waals surface area contributed by atoms with Crippen LogP contribution in [0.2, 0.25) is 0 Å². The van der Waals surface area contributed by atoms with Crippen LogP contribution in [0.5, 0.6) is 0 Å². The number of carbonyl (C=O) groups excluding carboxylic acids is 2. The zero-order valence-electron chi connectivity index (χ0n) is 14.0. The molecule has 0 saturated carbocycles. The van der Waals surface area contributed by atoms with Gasteiger partial charge in [0.2, 0.25) is 0 Å². The fourth-order valence-corrected chi connectivity index (χ4v) is 4.10. The molecular formula is C20H15FN2O3. The van der Waals surface area contributed by atoms with E-state index >= 15 is 0 Å². The van der Waals surface area contributed by atoms with E-state index in [0.29, 0.717) is 27.8 Å². The standard InChI is InChI=1S/C20H15FN2O3/c1-20-11-26-10-18(24)23(20)16-5-3-2-4-14(16)19(25)22-15-7-6-13(21)8-12(15)9-17(20)22/h2-9H,10-11H2,1H3. The van der Waals surface area contributed by atoms with E-state index in [9.17, 15) is 14.0 Å². The zero-order chi connectivity index (χ0) is 18.1. The van der Waals surface area contributed by atoms with Crippen LogP contribution in [0.1, 0.15) is 23.0 Å². The van der Waals surface area contributed by atoms with Crippen molar-refractivity contribution in [2.24, 2.45) is 0 Å². The van der Waals surface area contributed by atoms with E-state index in [0.717, 1.165) is 0 Å². The summed E-state index contributed by atoms with van der Waals surface area (Å²) in [5, 5.41) is 0.618. The van der Waals surface area contributed by atoms with E-state index in [4.69, 9.17) is 4.74 Å². The third-order valence-electron chi connectivity index (χ3n) is 5.25. The summed E-state index contributed by atoms with van der Waals surface area (Å²) < 4.78 is 20.9. The van der Waals surface area contributed by atoms with E-state index in [1.54, 1.807) is 39.8 Å². The number of nitrogens with zero attached hydrogens (tertiary/aromatic N) is 2. The molecule has 2 aromatic carbocycles. The minimum atomic E-state index is -0.868. The number of para-hydroxylation sites is 1.